The van der Waals surface area contributed by atoms with Gasteiger partial charge in [0, 0.05) is 27.6 Å². The average Bonchev–Trinajstić information content (AvgIpc) is 3.78. The molecule has 49 heavy (non-hydrogen) atoms. The van der Waals surface area contributed by atoms with Crippen molar-refractivity contribution in [2.45, 2.75) is 5.92 Å². The third-order valence-corrected chi connectivity index (χ3v) is 10.9. The normalized spacial score (nSPS) is 12.4. The van der Waals surface area contributed by atoms with E-state index >= 15 is 0 Å². The van der Waals surface area contributed by atoms with Crippen LogP contribution in [0.2, 0.25) is 0 Å². The molecule has 10 aromatic rings. The van der Waals surface area contributed by atoms with Crippen LogP contribution in [0.5, 0.6) is 0 Å². The molecule has 2 nitrogen and oxygen atoms in total. The van der Waals surface area contributed by atoms with Crippen LogP contribution in [0.1, 0.15) is 22.6 Å². The molecule has 230 valence electrons. The Morgan fingerprint density at radius 2 is 1.12 bits per heavy atom. The SMILES string of the molecule is c1ccc(-c2nc3c(ccc4cc(-c5ccccc5)c5cc(C(c6ccccc6)c6ccc7oc8ccccc8c7c6)ccc5c43)s2)cc1. The van der Waals surface area contributed by atoms with Gasteiger partial charge in [0.15, 0.2) is 0 Å². The van der Waals surface area contributed by atoms with Crippen molar-refractivity contribution in [2.24, 2.45) is 0 Å². The van der Waals surface area contributed by atoms with Crippen molar-refractivity contribution in [1.82, 2.24) is 4.98 Å². The van der Waals surface area contributed by atoms with Gasteiger partial charge in [0.05, 0.1) is 10.2 Å². The molecule has 0 N–H and O–H groups in total. The van der Waals surface area contributed by atoms with Gasteiger partial charge < -0.3 is 4.42 Å². The molecular weight excluding hydrogens is 615 g/mol. The van der Waals surface area contributed by atoms with Gasteiger partial charge in [-0.3, -0.25) is 0 Å². The maximum atomic E-state index is 6.22. The maximum absolute atomic E-state index is 6.22. The summed E-state index contributed by atoms with van der Waals surface area (Å²) in [6.45, 7) is 0. The molecule has 0 radical (unpaired) electrons. The van der Waals surface area contributed by atoms with Gasteiger partial charge in [0.2, 0.25) is 0 Å². The Labute approximate surface area is 287 Å². The summed E-state index contributed by atoms with van der Waals surface area (Å²) in [4.78, 5) is 5.27. The highest BCUT2D eigenvalue weighted by Gasteiger charge is 2.21. The molecule has 0 aliphatic carbocycles. The van der Waals surface area contributed by atoms with Crippen molar-refractivity contribution < 1.29 is 4.42 Å². The highest BCUT2D eigenvalue weighted by molar-refractivity contribution is 7.21. The summed E-state index contributed by atoms with van der Waals surface area (Å²) in [6.07, 6.45) is 0. The van der Waals surface area contributed by atoms with Gasteiger partial charge in [0.25, 0.3) is 0 Å². The molecule has 0 fully saturated rings. The molecule has 0 saturated heterocycles. The molecule has 0 aliphatic rings. The van der Waals surface area contributed by atoms with E-state index in [0.717, 1.165) is 38.0 Å². The Kier molecular flexibility index (Phi) is 6.46. The molecule has 0 saturated carbocycles. The molecule has 0 amide bonds. The predicted molar refractivity (Wildman–Crippen MR) is 207 cm³/mol. The van der Waals surface area contributed by atoms with E-state index in [-0.39, 0.29) is 5.92 Å². The summed E-state index contributed by atoms with van der Waals surface area (Å²) >= 11 is 1.76. The van der Waals surface area contributed by atoms with Crippen molar-refractivity contribution in [3.8, 4) is 21.7 Å². The lowest BCUT2D eigenvalue weighted by atomic mass is 9.82. The van der Waals surface area contributed by atoms with Gasteiger partial charge in [-0.05, 0) is 80.4 Å². The number of para-hydroxylation sites is 1. The summed E-state index contributed by atoms with van der Waals surface area (Å²) < 4.78 is 7.42. The van der Waals surface area contributed by atoms with Gasteiger partial charge in [-0.2, -0.15) is 0 Å². The summed E-state index contributed by atoms with van der Waals surface area (Å²) in [6, 6.07) is 61.1. The van der Waals surface area contributed by atoms with Crippen molar-refractivity contribution in [2.75, 3.05) is 0 Å². The number of furan rings is 1. The maximum Gasteiger partial charge on any atom is 0.135 e. The van der Waals surface area contributed by atoms with Crippen molar-refractivity contribution in [3.63, 3.8) is 0 Å². The molecule has 2 heterocycles. The summed E-state index contributed by atoms with van der Waals surface area (Å²) in [7, 11) is 0. The number of nitrogens with zero attached hydrogens (tertiary/aromatic N) is 1. The zero-order valence-corrected chi connectivity index (χ0v) is 27.3. The van der Waals surface area contributed by atoms with Gasteiger partial charge in [0.1, 0.15) is 16.2 Å². The molecule has 0 aliphatic heterocycles. The number of aromatic nitrogens is 1. The molecule has 1 unspecified atom stereocenters. The molecule has 1 atom stereocenters. The zero-order chi connectivity index (χ0) is 32.3. The first kappa shape index (κ1) is 28.0. The lowest BCUT2D eigenvalue weighted by Gasteiger charge is -2.21. The first-order valence-corrected chi connectivity index (χ1v) is 17.5. The van der Waals surface area contributed by atoms with Crippen molar-refractivity contribution >= 4 is 65.0 Å². The van der Waals surface area contributed by atoms with Crippen molar-refractivity contribution in [3.05, 3.63) is 187 Å². The topological polar surface area (TPSA) is 26.0 Å². The minimum atomic E-state index is 0.0303. The lowest BCUT2D eigenvalue weighted by molar-refractivity contribution is 0.668. The predicted octanol–water partition coefficient (Wildman–Crippen LogP) is 13.0. The van der Waals surface area contributed by atoms with Crippen LogP contribution in [-0.2, 0) is 0 Å². The van der Waals surface area contributed by atoms with Crippen LogP contribution in [0.4, 0.5) is 0 Å². The van der Waals surface area contributed by atoms with E-state index in [2.05, 4.69) is 158 Å². The summed E-state index contributed by atoms with van der Waals surface area (Å²) in [5, 5.41) is 8.20. The van der Waals surface area contributed by atoms with Gasteiger partial charge in [-0.25, -0.2) is 4.98 Å². The number of hydrogen-bond donors (Lipinski definition) is 0. The third-order valence-electron chi connectivity index (χ3n) is 9.80. The van der Waals surface area contributed by atoms with Crippen LogP contribution in [0.15, 0.2) is 174 Å². The lowest BCUT2D eigenvalue weighted by Crippen LogP contribution is -2.03. The van der Waals surface area contributed by atoms with Crippen LogP contribution in [0.3, 0.4) is 0 Å². The first-order valence-electron chi connectivity index (χ1n) is 16.7. The Balaban J connectivity index is 1.24. The van der Waals surface area contributed by atoms with Crippen LogP contribution in [0.25, 0.3) is 75.4 Å². The highest BCUT2D eigenvalue weighted by Crippen LogP contribution is 2.43. The Bertz CT molecular complexity index is 2820. The van der Waals surface area contributed by atoms with Gasteiger partial charge in [-0.1, -0.05) is 133 Å². The van der Waals surface area contributed by atoms with Crippen LogP contribution < -0.4 is 0 Å². The molecule has 0 bridgehead atoms. The fourth-order valence-electron chi connectivity index (χ4n) is 7.54. The minimum Gasteiger partial charge on any atom is -0.456 e. The van der Waals surface area contributed by atoms with E-state index in [1.165, 1.54) is 54.1 Å². The molecule has 3 heteroatoms. The van der Waals surface area contributed by atoms with E-state index < -0.39 is 0 Å². The second-order valence-electron chi connectivity index (χ2n) is 12.7. The molecule has 0 spiro atoms. The van der Waals surface area contributed by atoms with E-state index in [0.29, 0.717) is 0 Å². The Morgan fingerprint density at radius 3 is 1.92 bits per heavy atom. The second kappa shape index (κ2) is 11.3. The summed E-state index contributed by atoms with van der Waals surface area (Å²) in [5.41, 5.74) is 10.2. The molecular formula is C46H29NOS. The van der Waals surface area contributed by atoms with Crippen LogP contribution in [-0.4, -0.2) is 4.98 Å². The fraction of sp³-hybridized carbons (Fsp3) is 0.0217. The number of hydrogen-bond acceptors (Lipinski definition) is 3. The Hall–Kier alpha value is -6.03. The molecule has 8 aromatic carbocycles. The second-order valence-corrected chi connectivity index (χ2v) is 13.7. The average molecular weight is 644 g/mol. The van der Waals surface area contributed by atoms with Gasteiger partial charge in [-0.15, -0.1) is 11.3 Å². The molecule has 10 rings (SSSR count). The molecule has 2 aromatic heterocycles. The van der Waals surface area contributed by atoms with E-state index in [1.54, 1.807) is 11.3 Å². The fourth-order valence-corrected chi connectivity index (χ4v) is 8.51. The standard InChI is InChI=1S/C46H29NOS/c1-4-12-29(13-5-1)37-26-34-22-25-42-45(47-46(49-42)31-16-8-3-9-17-31)44(34)36-23-20-32(27-38(36)37)43(30-14-6-2-7-15-30)33-21-24-41-39(28-33)35-18-10-11-19-40(35)48-41/h1-28,43H. The van der Waals surface area contributed by atoms with E-state index in [4.69, 9.17) is 9.40 Å². The van der Waals surface area contributed by atoms with E-state index in [1.807, 2.05) is 12.1 Å². The Morgan fingerprint density at radius 1 is 0.469 bits per heavy atom. The highest BCUT2D eigenvalue weighted by atomic mass is 32.1. The summed E-state index contributed by atoms with van der Waals surface area (Å²) in [5.74, 6) is 0.0303. The zero-order valence-electron chi connectivity index (χ0n) is 26.5. The monoisotopic (exact) mass is 643 g/mol. The van der Waals surface area contributed by atoms with Gasteiger partial charge >= 0.3 is 0 Å². The van der Waals surface area contributed by atoms with Crippen LogP contribution in [0, 0.1) is 0 Å². The number of rotatable bonds is 5. The minimum absolute atomic E-state index is 0.0303. The van der Waals surface area contributed by atoms with Crippen molar-refractivity contribution in [1.29, 1.82) is 0 Å². The number of thiazole rings is 1. The largest absolute Gasteiger partial charge is 0.456 e. The third kappa shape index (κ3) is 4.66. The number of benzene rings is 8. The van der Waals surface area contributed by atoms with E-state index in [9.17, 15) is 0 Å². The number of fused-ring (bicyclic) bond motifs is 8. The smallest absolute Gasteiger partial charge is 0.135 e. The first-order chi connectivity index (χ1) is 24.3. The quantitative estimate of drug-likeness (QED) is 0.138. The van der Waals surface area contributed by atoms with Crippen LogP contribution >= 0.6 is 11.3 Å².